The minimum absolute atomic E-state index is 0.0367. The van der Waals surface area contributed by atoms with Crippen LogP contribution in [0.1, 0.15) is 156 Å². The summed E-state index contributed by atoms with van der Waals surface area (Å²) in [4.78, 5) is 53.8. The zero-order valence-electron chi connectivity index (χ0n) is 41.6. The highest BCUT2D eigenvalue weighted by atomic mass is 19.1. The summed E-state index contributed by atoms with van der Waals surface area (Å²) < 4.78 is 19.6. The van der Waals surface area contributed by atoms with E-state index < -0.39 is 28.1 Å². The number of halogens is 1. The molecule has 2 aromatic carbocycles. The maximum atomic E-state index is 15.7. The van der Waals surface area contributed by atoms with Gasteiger partial charge in [0.2, 0.25) is 5.91 Å². The highest BCUT2D eigenvalue weighted by Gasteiger charge is 2.77. The number of hydrogen-bond donors (Lipinski definition) is 2. The third-order valence-corrected chi connectivity index (χ3v) is 22.1. The SMILES string of the molecule is C=C(C)C1CCC2(C(=O)N3CCC[C@H]3c3nc(-c4ccc(F)cc4)c[nH]3)CCC3(C)[C@H](CC[C@@H]4[C@]5(C)CC[C@H]([C@@]6(C(=O)O)C[C@@H](C(=O)OCc7ccccc7)C6(C)C)C(C)(C)[C@H]5CC[C@]43C)[C@@H]12. The van der Waals surface area contributed by atoms with Crippen LogP contribution in [0.15, 0.2) is 72.9 Å². The normalized spacial score (nSPS) is 40.3. The topological polar surface area (TPSA) is 113 Å². The Bertz CT molecular complexity index is 2450. The summed E-state index contributed by atoms with van der Waals surface area (Å²) >= 11 is 0. The third-order valence-electron chi connectivity index (χ3n) is 22.1. The Morgan fingerprint density at radius 1 is 0.836 bits per heavy atom. The molecule has 10 rings (SSSR count). The molecule has 3 unspecified atom stereocenters. The molecule has 1 saturated heterocycles. The maximum Gasteiger partial charge on any atom is 0.310 e. The van der Waals surface area contributed by atoms with Crippen molar-refractivity contribution >= 4 is 17.8 Å². The molecule has 67 heavy (non-hydrogen) atoms. The molecule has 6 aliphatic carbocycles. The molecule has 2 N–H and O–H groups in total. The van der Waals surface area contributed by atoms with Crippen LogP contribution in [0.25, 0.3) is 11.3 Å². The minimum atomic E-state index is -1.02. The number of rotatable bonds is 9. The minimum Gasteiger partial charge on any atom is -0.481 e. The number of carboxylic acid groups (broad SMARTS) is 1. The van der Waals surface area contributed by atoms with Gasteiger partial charge < -0.3 is 19.7 Å². The molecule has 1 aliphatic heterocycles. The number of H-pyrrole nitrogens is 1. The van der Waals surface area contributed by atoms with Gasteiger partial charge in [-0.25, -0.2) is 9.37 Å². The van der Waals surface area contributed by atoms with Gasteiger partial charge in [0.1, 0.15) is 18.2 Å². The van der Waals surface area contributed by atoms with Crippen molar-refractivity contribution in [2.45, 2.75) is 152 Å². The molecular weight excluding hydrogens is 838 g/mol. The predicted octanol–water partition coefficient (Wildman–Crippen LogP) is 13.0. The molecule has 9 heteroatoms. The van der Waals surface area contributed by atoms with E-state index in [-0.39, 0.29) is 57.9 Å². The van der Waals surface area contributed by atoms with Crippen molar-refractivity contribution in [2.24, 2.45) is 79.3 Å². The van der Waals surface area contributed by atoms with Crippen LogP contribution in [0.5, 0.6) is 0 Å². The van der Waals surface area contributed by atoms with E-state index in [4.69, 9.17) is 9.72 Å². The van der Waals surface area contributed by atoms with Crippen LogP contribution >= 0.6 is 0 Å². The summed E-state index contributed by atoms with van der Waals surface area (Å²) in [6, 6.07) is 16.0. The van der Waals surface area contributed by atoms with Crippen LogP contribution in [-0.4, -0.2) is 44.4 Å². The van der Waals surface area contributed by atoms with Crippen molar-refractivity contribution in [1.29, 1.82) is 0 Å². The van der Waals surface area contributed by atoms with Gasteiger partial charge in [-0.3, -0.25) is 14.4 Å². The quantitative estimate of drug-likeness (QED) is 0.163. The molecule has 7 aliphatic rings. The van der Waals surface area contributed by atoms with E-state index in [2.05, 4.69) is 58.0 Å². The van der Waals surface area contributed by atoms with Gasteiger partial charge in [-0.2, -0.15) is 0 Å². The summed E-state index contributed by atoms with van der Waals surface area (Å²) in [5, 5.41) is 11.4. The fraction of sp³-hybridized carbons (Fsp3) is 0.655. The number of esters is 1. The maximum absolute atomic E-state index is 15.7. The second-order valence-corrected chi connectivity index (χ2v) is 24.9. The Morgan fingerprint density at radius 3 is 2.24 bits per heavy atom. The molecule has 0 bridgehead atoms. The van der Waals surface area contributed by atoms with Crippen LogP contribution in [0.3, 0.4) is 0 Å². The number of nitrogens with one attached hydrogen (secondary N) is 1. The molecule has 13 atom stereocenters. The average Bonchev–Trinajstić information content (AvgIpc) is 4.06. The van der Waals surface area contributed by atoms with Gasteiger partial charge in [0.15, 0.2) is 0 Å². The highest BCUT2D eigenvalue weighted by molar-refractivity contribution is 5.85. The lowest BCUT2D eigenvalue weighted by Crippen LogP contribution is -2.71. The summed E-state index contributed by atoms with van der Waals surface area (Å²) in [5.41, 5.74) is 1.45. The van der Waals surface area contributed by atoms with Gasteiger partial charge in [0.05, 0.1) is 28.5 Å². The molecule has 2 heterocycles. The van der Waals surface area contributed by atoms with Crippen molar-refractivity contribution in [1.82, 2.24) is 14.9 Å². The van der Waals surface area contributed by atoms with Crippen LogP contribution in [0, 0.1) is 85.1 Å². The largest absolute Gasteiger partial charge is 0.481 e. The Balaban J connectivity index is 0.905. The molecule has 360 valence electrons. The van der Waals surface area contributed by atoms with Gasteiger partial charge in [-0.05, 0) is 183 Å². The summed E-state index contributed by atoms with van der Waals surface area (Å²) in [6.45, 7) is 24.4. The van der Waals surface area contributed by atoms with Gasteiger partial charge >= 0.3 is 11.9 Å². The van der Waals surface area contributed by atoms with Crippen molar-refractivity contribution in [3.05, 3.63) is 90.2 Å². The number of aromatic nitrogens is 2. The fourth-order valence-corrected chi connectivity index (χ4v) is 18.6. The van der Waals surface area contributed by atoms with Crippen molar-refractivity contribution in [3.63, 3.8) is 0 Å². The van der Waals surface area contributed by atoms with Gasteiger partial charge in [0.25, 0.3) is 0 Å². The number of carboxylic acids is 1. The molecule has 0 radical (unpaired) electrons. The second kappa shape index (κ2) is 15.9. The van der Waals surface area contributed by atoms with Crippen LogP contribution < -0.4 is 0 Å². The number of carbonyl (C=O) groups excluding carboxylic acids is 2. The smallest absolute Gasteiger partial charge is 0.310 e. The molecule has 0 spiro atoms. The number of benzene rings is 2. The first-order valence-corrected chi connectivity index (χ1v) is 25.9. The highest BCUT2D eigenvalue weighted by Crippen LogP contribution is 2.80. The molecule has 1 aromatic heterocycles. The van der Waals surface area contributed by atoms with Crippen LogP contribution in [0.2, 0.25) is 0 Å². The van der Waals surface area contributed by atoms with E-state index in [0.717, 1.165) is 106 Å². The fourth-order valence-electron chi connectivity index (χ4n) is 18.6. The van der Waals surface area contributed by atoms with Crippen LogP contribution in [0.4, 0.5) is 4.39 Å². The van der Waals surface area contributed by atoms with E-state index in [1.54, 1.807) is 12.1 Å². The predicted molar refractivity (Wildman–Crippen MR) is 258 cm³/mol. The molecule has 7 fully saturated rings. The first-order chi connectivity index (χ1) is 31.7. The number of imidazole rings is 1. The molecule has 8 nitrogen and oxygen atoms in total. The number of aliphatic carboxylic acids is 1. The zero-order valence-corrected chi connectivity index (χ0v) is 41.6. The monoisotopic (exact) mass is 914 g/mol. The van der Waals surface area contributed by atoms with Gasteiger partial charge in [-0.15, -0.1) is 0 Å². The number of amides is 1. The number of fused-ring (bicyclic) bond motifs is 7. The van der Waals surface area contributed by atoms with E-state index in [1.807, 2.05) is 50.4 Å². The summed E-state index contributed by atoms with van der Waals surface area (Å²) in [7, 11) is 0. The molecule has 1 amide bonds. The molecule has 6 saturated carbocycles. The average molecular weight is 914 g/mol. The lowest BCUT2D eigenvalue weighted by atomic mass is 9.29. The lowest BCUT2D eigenvalue weighted by molar-refractivity contribution is -0.269. The standard InChI is InChI=1S/C58H76FN3O5/c1-35(2)39-23-28-57(50(64)62-31-13-16-43(62)48-60-33-42(61-48)37-17-19-38(59)20-18-37)30-29-55(8)40(47(39)57)21-22-46-54(7)26-24-45(52(3,4)44(54)25-27-56(46,55)9)58(51(65)66)32-41(53(58,5)6)49(63)67-34-36-14-11-10-12-15-36/h10-12,14-15,17-20,33,39-41,43-47H,1,13,16,21-32,34H2,2-9H3,(H,60,61)(H,65,66)/t39?,40-,41+,43+,44-,45+,46-,47-,54-,55?,56-,57?,58-/m1/s1. The van der Waals surface area contributed by atoms with Crippen molar-refractivity contribution < 1.29 is 28.6 Å². The first-order valence-electron chi connectivity index (χ1n) is 25.9. The summed E-state index contributed by atoms with van der Waals surface area (Å²) in [5.74, 6) is 1.08. The Labute approximate surface area is 398 Å². The first kappa shape index (κ1) is 46.5. The number of aromatic amines is 1. The molecular formula is C58H76FN3O5. The number of likely N-dealkylation sites (tertiary alicyclic amines) is 1. The Morgan fingerprint density at radius 2 is 1.55 bits per heavy atom. The van der Waals surface area contributed by atoms with E-state index >= 15 is 4.79 Å². The number of ether oxygens (including phenoxy) is 1. The van der Waals surface area contributed by atoms with E-state index in [0.29, 0.717) is 36.0 Å². The zero-order chi connectivity index (χ0) is 47.7. The Hall–Kier alpha value is -4.27. The second-order valence-electron chi connectivity index (χ2n) is 24.9. The third kappa shape index (κ3) is 6.45. The van der Waals surface area contributed by atoms with Crippen molar-refractivity contribution in [3.8, 4) is 11.3 Å². The molecule has 3 aromatic rings. The Kier molecular flexibility index (Phi) is 11.0. The van der Waals surface area contributed by atoms with Crippen molar-refractivity contribution in [2.75, 3.05) is 6.54 Å². The van der Waals surface area contributed by atoms with Gasteiger partial charge in [-0.1, -0.05) is 91.0 Å². The van der Waals surface area contributed by atoms with Crippen LogP contribution in [-0.2, 0) is 25.7 Å². The number of nitrogens with zero attached hydrogens (tertiary/aromatic N) is 2. The number of hydrogen-bond acceptors (Lipinski definition) is 5. The number of carbonyl (C=O) groups is 3. The van der Waals surface area contributed by atoms with E-state index in [1.165, 1.54) is 17.7 Å². The summed E-state index contributed by atoms with van der Waals surface area (Å²) in [6.07, 6.45) is 14.1. The van der Waals surface area contributed by atoms with E-state index in [9.17, 15) is 19.1 Å². The van der Waals surface area contributed by atoms with Gasteiger partial charge in [0, 0.05) is 18.3 Å². The number of allylic oxidation sites excluding steroid dienone is 1. The lowest BCUT2D eigenvalue weighted by Gasteiger charge is -2.74.